The molecule has 0 bridgehead atoms. The molecule has 1 aliphatic heterocycles. The molecule has 1 saturated carbocycles. The Hall–Kier alpha value is -3.64. The number of aliphatic hydroxyl groups is 1. The number of amides is 1. The van der Waals surface area contributed by atoms with Crippen LogP contribution >= 0.6 is 0 Å². The Morgan fingerprint density at radius 3 is 2.51 bits per heavy atom. The second kappa shape index (κ2) is 9.83. The van der Waals surface area contributed by atoms with Gasteiger partial charge in [-0.3, -0.25) is 4.79 Å². The summed E-state index contributed by atoms with van der Waals surface area (Å²) in [4.78, 5) is 19.1. The van der Waals surface area contributed by atoms with Gasteiger partial charge in [0.15, 0.2) is 10.6 Å². The molecule has 0 unspecified atom stereocenters. The second-order valence-electron chi connectivity index (χ2n) is 9.80. The lowest BCUT2D eigenvalue weighted by atomic mass is 9.97. The highest BCUT2D eigenvalue weighted by molar-refractivity contribution is 7.90. The van der Waals surface area contributed by atoms with Crippen molar-refractivity contribution in [1.82, 2.24) is 9.71 Å². The van der Waals surface area contributed by atoms with Crippen LogP contribution in [0.1, 0.15) is 30.4 Å². The summed E-state index contributed by atoms with van der Waals surface area (Å²) in [6, 6.07) is 14.1. The van der Waals surface area contributed by atoms with Crippen molar-refractivity contribution in [3.63, 3.8) is 0 Å². The van der Waals surface area contributed by atoms with Crippen LogP contribution in [0.25, 0.3) is 11.1 Å². The van der Waals surface area contributed by atoms with Gasteiger partial charge in [-0.2, -0.15) is 21.6 Å². The molecule has 1 saturated heterocycles. The van der Waals surface area contributed by atoms with Crippen LogP contribution in [0.2, 0.25) is 0 Å². The number of nitrogens with one attached hydrogen (secondary N) is 1. The maximum atomic E-state index is 13.7. The van der Waals surface area contributed by atoms with E-state index in [-0.39, 0.29) is 34.7 Å². The van der Waals surface area contributed by atoms with Crippen molar-refractivity contribution in [2.75, 3.05) is 18.0 Å². The molecule has 12 heteroatoms. The molecule has 1 atom stereocenters. The maximum absolute atomic E-state index is 13.7. The van der Waals surface area contributed by atoms with Crippen molar-refractivity contribution in [2.45, 2.75) is 49.1 Å². The first-order chi connectivity index (χ1) is 18.4. The molecule has 1 aromatic heterocycles. The van der Waals surface area contributed by atoms with Crippen LogP contribution in [0.15, 0.2) is 65.7 Å². The molecule has 1 aliphatic carbocycles. The second-order valence-corrected chi connectivity index (χ2v) is 11.4. The Bertz CT molecular complexity index is 1520. The summed E-state index contributed by atoms with van der Waals surface area (Å²) < 4.78 is 75.3. The summed E-state index contributed by atoms with van der Waals surface area (Å²) in [6.45, 7) is 2.56. The molecule has 2 N–H and O–H groups in total. The fraction of sp³-hybridized carbons (Fsp3) is 0.333. The van der Waals surface area contributed by atoms with E-state index < -0.39 is 39.4 Å². The van der Waals surface area contributed by atoms with E-state index >= 15 is 0 Å². The smallest absolute Gasteiger partial charge is 0.417 e. The third kappa shape index (κ3) is 5.57. The summed E-state index contributed by atoms with van der Waals surface area (Å²) in [5.74, 6) is -0.528. The number of benzene rings is 2. The molecule has 2 heterocycles. The number of alkyl halides is 3. The number of aromatic nitrogens is 1. The van der Waals surface area contributed by atoms with E-state index in [1.165, 1.54) is 42.5 Å². The van der Waals surface area contributed by atoms with Crippen LogP contribution in [-0.2, 0) is 21.0 Å². The maximum Gasteiger partial charge on any atom is 0.417 e. The average molecular weight is 562 g/mol. The summed E-state index contributed by atoms with van der Waals surface area (Å²) in [6.07, 6.45) is -4.25. The first-order valence-electron chi connectivity index (χ1n) is 12.3. The number of carbonyl (C=O) groups excluding carboxylic acids is 1. The summed E-state index contributed by atoms with van der Waals surface area (Å²) in [5, 5.41) is 9.40. The van der Waals surface area contributed by atoms with E-state index in [4.69, 9.17) is 4.74 Å². The highest BCUT2D eigenvalue weighted by atomic mass is 32.2. The zero-order valence-electron chi connectivity index (χ0n) is 20.9. The predicted octanol–water partition coefficient (Wildman–Crippen LogP) is 4.06. The fourth-order valence-corrected chi connectivity index (χ4v) is 5.55. The largest absolute Gasteiger partial charge is 0.477 e. The van der Waals surface area contributed by atoms with Crippen molar-refractivity contribution >= 4 is 21.7 Å². The molecule has 0 radical (unpaired) electrons. The van der Waals surface area contributed by atoms with Crippen molar-refractivity contribution in [3.8, 4) is 16.9 Å². The van der Waals surface area contributed by atoms with Crippen LogP contribution in [0.5, 0.6) is 5.75 Å². The van der Waals surface area contributed by atoms with E-state index in [1.807, 2.05) is 4.72 Å². The van der Waals surface area contributed by atoms with Crippen molar-refractivity contribution in [3.05, 3.63) is 71.8 Å². The number of hydrogen-bond acceptors (Lipinski definition) is 7. The van der Waals surface area contributed by atoms with Gasteiger partial charge in [0, 0.05) is 31.5 Å². The number of hydrogen-bond donors (Lipinski definition) is 2. The predicted molar refractivity (Wildman–Crippen MR) is 137 cm³/mol. The van der Waals surface area contributed by atoms with Crippen LogP contribution in [0.4, 0.5) is 19.0 Å². The number of ether oxygens (including phenoxy) is 1. The molecule has 2 fully saturated rings. The zero-order chi connectivity index (χ0) is 28.0. The lowest BCUT2D eigenvalue weighted by Crippen LogP contribution is -2.43. The van der Waals surface area contributed by atoms with E-state index in [0.29, 0.717) is 30.9 Å². The highest BCUT2D eigenvalue weighted by Gasteiger charge is 2.54. The number of β-amino-alcohol motifs (C(OH)–C–C–N with tert-alkyl or cyclic N) is 1. The molecular weight excluding hydrogens is 535 g/mol. The van der Waals surface area contributed by atoms with Crippen LogP contribution in [0, 0.1) is 6.92 Å². The Kier molecular flexibility index (Phi) is 6.79. The molecule has 2 aliphatic rings. The van der Waals surface area contributed by atoms with Gasteiger partial charge in [0.25, 0.3) is 15.9 Å². The molecule has 206 valence electrons. The fourth-order valence-electron chi connectivity index (χ4n) is 4.55. The van der Waals surface area contributed by atoms with E-state index in [0.717, 1.165) is 6.07 Å². The third-order valence-corrected chi connectivity index (χ3v) is 8.01. The molecule has 0 spiro atoms. The molecule has 39 heavy (non-hydrogen) atoms. The number of nitrogens with zero attached hydrogens (tertiary/aromatic N) is 2. The monoisotopic (exact) mass is 561 g/mol. The Balaban J connectivity index is 1.40. The number of pyridine rings is 1. The topological polar surface area (TPSA) is 109 Å². The summed E-state index contributed by atoms with van der Waals surface area (Å²) in [5.41, 5.74) is -1.70. The Labute approximate surface area is 223 Å². The van der Waals surface area contributed by atoms with Gasteiger partial charge in [-0.05, 0) is 48.7 Å². The van der Waals surface area contributed by atoms with E-state index in [9.17, 15) is 31.5 Å². The van der Waals surface area contributed by atoms with Gasteiger partial charge >= 0.3 is 6.18 Å². The van der Waals surface area contributed by atoms with Gasteiger partial charge in [-0.25, -0.2) is 9.71 Å². The molecule has 3 aromatic rings. The first-order valence-corrected chi connectivity index (χ1v) is 13.8. The number of aryl methyl sites for hydroxylation is 1. The molecule has 8 nitrogen and oxygen atoms in total. The number of carbonyl (C=O) groups is 1. The molecular formula is C27H26F3N3O5S. The number of sulfonamides is 1. The first kappa shape index (κ1) is 26.9. The number of aliphatic hydroxyl groups excluding tert-OH is 1. The Morgan fingerprint density at radius 1 is 1.10 bits per heavy atom. The van der Waals surface area contributed by atoms with Crippen LogP contribution in [0.3, 0.4) is 0 Å². The van der Waals surface area contributed by atoms with E-state index in [2.05, 4.69) is 4.98 Å². The van der Waals surface area contributed by atoms with Gasteiger partial charge < -0.3 is 14.7 Å². The van der Waals surface area contributed by atoms with Crippen molar-refractivity contribution in [2.24, 2.45) is 0 Å². The minimum absolute atomic E-state index is 0.0458. The van der Waals surface area contributed by atoms with Crippen molar-refractivity contribution < 1.29 is 36.2 Å². The van der Waals surface area contributed by atoms with Gasteiger partial charge in [-0.1, -0.05) is 36.4 Å². The van der Waals surface area contributed by atoms with Crippen molar-refractivity contribution in [1.29, 1.82) is 0 Å². The minimum atomic E-state index is -4.61. The van der Waals surface area contributed by atoms with Gasteiger partial charge in [0.05, 0.1) is 11.7 Å². The summed E-state index contributed by atoms with van der Waals surface area (Å²) >= 11 is 0. The Morgan fingerprint density at radius 2 is 1.85 bits per heavy atom. The van der Waals surface area contributed by atoms with Gasteiger partial charge in [0.2, 0.25) is 0 Å². The average Bonchev–Trinajstić information content (AvgIpc) is 3.54. The standard InChI is InChI=1S/C27H26F3N3O5S/c1-17-9-10-20(19-5-2-3-6-21(19)27(28,29)30)22(15-17)38-26(12-13-26)25(35)32-39(36,37)24-8-4-7-23(31-24)33-14-11-18(34)16-33/h2-10,15,18,34H,11-14,16H2,1H3,(H,32,35)/t18-/m0/s1. The number of halogens is 3. The highest BCUT2D eigenvalue weighted by Crippen LogP contribution is 2.46. The molecule has 1 amide bonds. The number of rotatable bonds is 7. The third-order valence-electron chi connectivity index (χ3n) is 6.78. The zero-order valence-corrected chi connectivity index (χ0v) is 21.7. The normalized spacial score (nSPS) is 18.6. The lowest BCUT2D eigenvalue weighted by Gasteiger charge is -2.22. The molecule has 5 rings (SSSR count). The quantitative estimate of drug-likeness (QED) is 0.448. The van der Waals surface area contributed by atoms with E-state index in [1.54, 1.807) is 24.0 Å². The minimum Gasteiger partial charge on any atom is -0.477 e. The molecule has 2 aromatic carbocycles. The van der Waals surface area contributed by atoms with Crippen LogP contribution in [-0.4, -0.2) is 49.2 Å². The number of anilines is 1. The van der Waals surface area contributed by atoms with Gasteiger partial charge in [0.1, 0.15) is 11.6 Å². The summed E-state index contributed by atoms with van der Waals surface area (Å²) in [7, 11) is -4.39. The lowest BCUT2D eigenvalue weighted by molar-refractivity contribution is -0.137. The van der Waals surface area contributed by atoms with Gasteiger partial charge in [-0.15, -0.1) is 0 Å². The van der Waals surface area contributed by atoms with Crippen LogP contribution < -0.4 is 14.4 Å². The SMILES string of the molecule is Cc1ccc(-c2ccccc2C(F)(F)F)c(OC2(C(=O)NS(=O)(=O)c3cccc(N4CC[C@H](O)C4)n3)CC2)c1.